The first-order valence-corrected chi connectivity index (χ1v) is 6.24. The van der Waals surface area contributed by atoms with Gasteiger partial charge in [-0.1, -0.05) is 6.07 Å². The van der Waals surface area contributed by atoms with Crippen LogP contribution < -0.4 is 0 Å². The summed E-state index contributed by atoms with van der Waals surface area (Å²) in [5.74, 6) is -0.836. The highest BCUT2D eigenvalue weighted by Gasteiger charge is 2.14. The minimum absolute atomic E-state index is 0.0763. The molecule has 0 N–H and O–H groups in total. The highest BCUT2D eigenvalue weighted by Crippen LogP contribution is 2.19. The summed E-state index contributed by atoms with van der Waals surface area (Å²) in [4.78, 5) is 11.4. The number of halogens is 1. The number of thiol groups is 1. The minimum atomic E-state index is -2.59. The van der Waals surface area contributed by atoms with E-state index in [-0.39, 0.29) is 16.9 Å². The largest absolute Gasteiger partial charge is 0.465 e. The van der Waals surface area contributed by atoms with Crippen molar-refractivity contribution in [3.05, 3.63) is 34.4 Å². The van der Waals surface area contributed by atoms with Gasteiger partial charge in [0.1, 0.15) is 17.4 Å². The summed E-state index contributed by atoms with van der Waals surface area (Å²) in [6.07, 6.45) is 0. The second-order valence-electron chi connectivity index (χ2n) is 3.55. The van der Waals surface area contributed by atoms with E-state index in [1.54, 1.807) is 6.92 Å². The van der Waals surface area contributed by atoms with Gasteiger partial charge in [-0.2, -0.15) is 0 Å². The zero-order valence-corrected chi connectivity index (χ0v) is 10.4. The van der Waals surface area contributed by atoms with Crippen LogP contribution in [0.5, 0.6) is 0 Å². The molecule has 0 aliphatic carbocycles. The Bertz CT molecular complexity index is 500. The van der Waals surface area contributed by atoms with Crippen LogP contribution in [0.1, 0.15) is 27.0 Å². The predicted octanol–water partition coefficient (Wildman–Crippen LogP) is 1.36. The van der Waals surface area contributed by atoms with Gasteiger partial charge in [-0.05, 0) is 29.7 Å². The van der Waals surface area contributed by atoms with Crippen LogP contribution in [0.2, 0.25) is 0 Å². The average Bonchev–Trinajstić information content (AvgIpc) is 2.29. The quantitative estimate of drug-likeness (QED) is 0.656. The molecule has 0 atom stereocenters. The molecule has 0 aromatic heterocycles. The maximum absolute atomic E-state index is 12.7. The third-order valence-corrected chi connectivity index (χ3v) is 3.01. The van der Waals surface area contributed by atoms with Gasteiger partial charge in [-0.3, -0.25) is 0 Å². The highest BCUT2D eigenvalue weighted by atomic mass is 32.2. The third-order valence-electron chi connectivity index (χ3n) is 2.41. The van der Waals surface area contributed by atoms with Crippen molar-refractivity contribution in [1.29, 1.82) is 0 Å². The van der Waals surface area contributed by atoms with Gasteiger partial charge in [-0.15, -0.1) is 0 Å². The van der Waals surface area contributed by atoms with Crippen molar-refractivity contribution in [3.63, 3.8) is 0 Å². The van der Waals surface area contributed by atoms with E-state index in [0.717, 1.165) is 0 Å². The second kappa shape index (κ2) is 5.77. The molecule has 17 heavy (non-hydrogen) atoms. The molecule has 0 heterocycles. The number of methoxy groups -OCH3 is 1. The van der Waals surface area contributed by atoms with Crippen molar-refractivity contribution in [2.75, 3.05) is 7.11 Å². The van der Waals surface area contributed by atoms with E-state index >= 15 is 0 Å². The van der Waals surface area contributed by atoms with Crippen LogP contribution in [0.3, 0.4) is 0 Å². The van der Waals surface area contributed by atoms with E-state index in [2.05, 4.69) is 4.74 Å². The summed E-state index contributed by atoms with van der Waals surface area (Å²) in [6, 6.07) is 2.85. The molecule has 1 aromatic carbocycles. The fraction of sp³-hybridized carbons (Fsp3) is 0.364. The zero-order chi connectivity index (χ0) is 13.0. The number of esters is 1. The van der Waals surface area contributed by atoms with Gasteiger partial charge in [0, 0.05) is 0 Å². The van der Waals surface area contributed by atoms with E-state index in [0.29, 0.717) is 11.1 Å². The molecule has 0 spiro atoms. The predicted molar refractivity (Wildman–Crippen MR) is 61.3 cm³/mol. The summed E-state index contributed by atoms with van der Waals surface area (Å²) in [6.45, 7) is 0.878. The highest BCUT2D eigenvalue weighted by molar-refractivity contribution is 7.71. The number of ether oxygens (including phenoxy) is 1. The number of aryl methyl sites for hydroxylation is 1. The summed E-state index contributed by atoms with van der Waals surface area (Å²) in [5, 5.41) is 0. The zero-order valence-electron chi connectivity index (χ0n) is 9.53. The smallest absolute Gasteiger partial charge is 0.338 e. The molecule has 4 nitrogen and oxygen atoms in total. The first-order chi connectivity index (χ1) is 7.99. The average molecular weight is 260 g/mol. The normalized spacial score (nSPS) is 10.6. The van der Waals surface area contributed by atoms with Crippen LogP contribution in [0.25, 0.3) is 0 Å². The monoisotopic (exact) mass is 260 g/mol. The Morgan fingerprint density at radius 2 is 2.00 bits per heavy atom. The SMILES string of the molecule is COC(=O)c1cc(C[SH](=O)=O)c(C)cc1CF. The summed E-state index contributed by atoms with van der Waals surface area (Å²) >= 11 is 0. The lowest BCUT2D eigenvalue weighted by molar-refractivity contribution is 0.0598. The molecule has 0 fully saturated rings. The molecule has 0 radical (unpaired) electrons. The lowest BCUT2D eigenvalue weighted by atomic mass is 10.0. The van der Waals surface area contributed by atoms with Crippen LogP contribution >= 0.6 is 0 Å². The van der Waals surface area contributed by atoms with Crippen LogP contribution in [0, 0.1) is 6.92 Å². The van der Waals surface area contributed by atoms with Crippen molar-refractivity contribution in [2.24, 2.45) is 0 Å². The molecule has 0 unspecified atom stereocenters. The van der Waals surface area contributed by atoms with Gasteiger partial charge in [0.05, 0.1) is 18.4 Å². The fourth-order valence-electron chi connectivity index (χ4n) is 1.53. The summed E-state index contributed by atoms with van der Waals surface area (Å²) in [7, 11) is -1.40. The fourth-order valence-corrected chi connectivity index (χ4v) is 2.15. The van der Waals surface area contributed by atoms with Gasteiger partial charge < -0.3 is 4.74 Å². The Balaban J connectivity index is 3.31. The molecule has 1 rings (SSSR count). The van der Waals surface area contributed by atoms with E-state index < -0.39 is 23.3 Å². The topological polar surface area (TPSA) is 60.4 Å². The van der Waals surface area contributed by atoms with E-state index in [4.69, 9.17) is 0 Å². The Labute approximate surface area is 100 Å². The molecule has 0 bridgehead atoms. The number of rotatable bonds is 4. The lowest BCUT2D eigenvalue weighted by Crippen LogP contribution is -2.07. The van der Waals surface area contributed by atoms with Crippen molar-refractivity contribution >= 4 is 16.7 Å². The molecule has 0 aliphatic heterocycles. The van der Waals surface area contributed by atoms with E-state index in [1.165, 1.54) is 19.2 Å². The molecule has 0 aliphatic rings. The van der Waals surface area contributed by atoms with Gasteiger partial charge in [0.15, 0.2) is 0 Å². The molecule has 0 amide bonds. The molecule has 94 valence electrons. The van der Waals surface area contributed by atoms with Crippen molar-refractivity contribution < 1.29 is 22.3 Å². The lowest BCUT2D eigenvalue weighted by Gasteiger charge is -2.09. The van der Waals surface area contributed by atoms with E-state index in [9.17, 15) is 17.6 Å². The third kappa shape index (κ3) is 3.26. The van der Waals surface area contributed by atoms with Crippen LogP contribution in [-0.4, -0.2) is 21.5 Å². The van der Waals surface area contributed by atoms with Gasteiger partial charge in [0.25, 0.3) is 0 Å². The number of benzene rings is 1. The molecule has 6 heteroatoms. The van der Waals surface area contributed by atoms with Crippen LogP contribution in [-0.2, 0) is 27.9 Å². The van der Waals surface area contributed by atoms with Crippen molar-refractivity contribution in [1.82, 2.24) is 0 Å². The van der Waals surface area contributed by atoms with Gasteiger partial charge in [-0.25, -0.2) is 17.6 Å². The van der Waals surface area contributed by atoms with Gasteiger partial charge >= 0.3 is 5.97 Å². The standard InChI is InChI=1S/C11H13FO4S/c1-7-3-8(5-12)10(11(13)16-2)4-9(7)6-17(14)15/h3-4,17H,5-6H2,1-2H3. The number of carbonyl (C=O) groups is 1. The maximum atomic E-state index is 12.7. The molecule has 0 saturated carbocycles. The first kappa shape index (κ1) is 13.6. The van der Waals surface area contributed by atoms with Crippen LogP contribution in [0.15, 0.2) is 12.1 Å². The molecular weight excluding hydrogens is 247 g/mol. The Morgan fingerprint density at radius 1 is 1.35 bits per heavy atom. The molecular formula is C11H13FO4S. The van der Waals surface area contributed by atoms with Crippen LogP contribution in [0.4, 0.5) is 4.39 Å². The minimum Gasteiger partial charge on any atom is -0.465 e. The molecule has 1 aromatic rings. The Morgan fingerprint density at radius 3 is 2.47 bits per heavy atom. The summed E-state index contributed by atoms with van der Waals surface area (Å²) < 4.78 is 38.6. The second-order valence-corrected chi connectivity index (χ2v) is 4.53. The number of carbonyl (C=O) groups excluding carboxylic acids is 1. The molecule has 0 saturated heterocycles. The number of hydrogen-bond acceptors (Lipinski definition) is 4. The van der Waals surface area contributed by atoms with Crippen molar-refractivity contribution in [2.45, 2.75) is 19.4 Å². The van der Waals surface area contributed by atoms with E-state index in [1.807, 2.05) is 0 Å². The Kier molecular flexibility index (Phi) is 4.62. The van der Waals surface area contributed by atoms with Gasteiger partial charge in [0.2, 0.25) is 0 Å². The van der Waals surface area contributed by atoms with Crippen molar-refractivity contribution in [3.8, 4) is 0 Å². The number of hydrogen-bond donors (Lipinski definition) is 1. The number of alkyl halides is 1. The maximum Gasteiger partial charge on any atom is 0.338 e. The first-order valence-electron chi connectivity index (χ1n) is 4.88. The summed E-state index contributed by atoms with van der Waals surface area (Å²) in [5.41, 5.74) is 1.41. The Hall–Kier alpha value is -1.43.